The van der Waals surface area contributed by atoms with Crippen molar-refractivity contribution in [2.75, 3.05) is 7.11 Å². The van der Waals surface area contributed by atoms with Gasteiger partial charge in [0.05, 0.1) is 37.1 Å². The number of Topliss-reactive ketones (excluding diaryl/α,β-unsaturated/α-hetero) is 1. The van der Waals surface area contributed by atoms with Crippen LogP contribution in [0.5, 0.6) is 11.5 Å². The lowest BCUT2D eigenvalue weighted by molar-refractivity contribution is -0.140. The molecule has 0 spiro atoms. The number of carbonyl (C=O) groups excluding carboxylic acids is 2. The quantitative estimate of drug-likeness (QED) is 0.147. The summed E-state index contributed by atoms with van der Waals surface area (Å²) in [5, 5.41) is 11.8. The molecular weight excluding hydrogens is 518 g/mol. The predicted octanol–water partition coefficient (Wildman–Crippen LogP) is 6.79. The summed E-state index contributed by atoms with van der Waals surface area (Å²) in [6.07, 6.45) is 1.52. The van der Waals surface area contributed by atoms with E-state index in [-0.39, 0.29) is 23.3 Å². The first-order valence-electron chi connectivity index (χ1n) is 13.4. The molecule has 210 valence electrons. The molecule has 1 aliphatic rings. The van der Waals surface area contributed by atoms with Crippen molar-refractivity contribution in [3.63, 3.8) is 0 Å². The first-order chi connectivity index (χ1) is 19.7. The molecule has 7 nitrogen and oxygen atoms in total. The Morgan fingerprint density at radius 1 is 0.951 bits per heavy atom. The first kappa shape index (κ1) is 27.8. The zero-order valence-electron chi connectivity index (χ0n) is 23.6. The standard InChI is InChI=1S/C34H33NO6/c1-34(2,3)24-15-16-28(39-4)27(19-24)31(36)29-30(35(33(38)32(29)37)20-26-14-9-17-40-26)23-12-8-13-25(18-23)41-21-22-10-6-5-7-11-22/h5-19,30,36H,20-21H2,1-4H3/b31-29+. The van der Waals surface area contributed by atoms with Crippen molar-refractivity contribution in [3.05, 3.63) is 125 Å². The SMILES string of the molecule is COc1ccc(C(C)(C)C)cc1/C(O)=C1\C(=O)C(=O)N(Cc2ccco2)C1c1cccc(OCc2ccccc2)c1. The average molecular weight is 552 g/mol. The summed E-state index contributed by atoms with van der Waals surface area (Å²) in [5.74, 6) is -0.324. The number of likely N-dealkylation sites (tertiary alicyclic amines) is 1. The van der Waals surface area contributed by atoms with E-state index in [2.05, 4.69) is 20.8 Å². The highest BCUT2D eigenvalue weighted by Crippen LogP contribution is 2.43. The number of furan rings is 1. The number of nitrogens with zero attached hydrogens (tertiary/aromatic N) is 1. The maximum Gasteiger partial charge on any atom is 0.296 e. The van der Waals surface area contributed by atoms with Gasteiger partial charge in [0.2, 0.25) is 0 Å². The molecular formula is C34H33NO6. The van der Waals surface area contributed by atoms with Crippen LogP contribution in [-0.2, 0) is 28.2 Å². The third-order valence-electron chi connectivity index (χ3n) is 7.19. The molecule has 1 aliphatic heterocycles. The fraction of sp³-hybridized carbons (Fsp3) is 0.235. The molecule has 1 N–H and O–H groups in total. The molecule has 1 unspecified atom stereocenters. The van der Waals surface area contributed by atoms with Gasteiger partial charge in [-0.25, -0.2) is 0 Å². The zero-order valence-corrected chi connectivity index (χ0v) is 23.6. The van der Waals surface area contributed by atoms with E-state index in [1.807, 2.05) is 60.7 Å². The van der Waals surface area contributed by atoms with Gasteiger partial charge in [-0.05, 0) is 58.5 Å². The van der Waals surface area contributed by atoms with E-state index in [1.54, 1.807) is 24.3 Å². The smallest absolute Gasteiger partial charge is 0.296 e. The highest BCUT2D eigenvalue weighted by molar-refractivity contribution is 6.46. The minimum absolute atomic E-state index is 0.0221. The Bertz CT molecular complexity index is 1580. The molecule has 2 heterocycles. The minimum Gasteiger partial charge on any atom is -0.507 e. The van der Waals surface area contributed by atoms with Gasteiger partial charge in [0.25, 0.3) is 11.7 Å². The van der Waals surface area contributed by atoms with Gasteiger partial charge in [0, 0.05) is 0 Å². The van der Waals surface area contributed by atoms with Crippen molar-refractivity contribution in [2.45, 2.75) is 45.4 Å². The fourth-order valence-electron chi connectivity index (χ4n) is 4.98. The predicted molar refractivity (Wildman–Crippen MR) is 155 cm³/mol. The number of carbonyl (C=O) groups is 2. The van der Waals surface area contributed by atoms with E-state index in [4.69, 9.17) is 13.9 Å². The molecule has 0 radical (unpaired) electrons. The number of amides is 1. The average Bonchev–Trinajstić information content (AvgIpc) is 3.58. The van der Waals surface area contributed by atoms with Crippen LogP contribution in [0, 0.1) is 0 Å². The van der Waals surface area contributed by atoms with Gasteiger partial charge >= 0.3 is 0 Å². The van der Waals surface area contributed by atoms with Gasteiger partial charge in [-0.2, -0.15) is 0 Å². The van der Waals surface area contributed by atoms with Gasteiger partial charge in [-0.3, -0.25) is 9.59 Å². The molecule has 1 saturated heterocycles. The van der Waals surface area contributed by atoms with E-state index < -0.39 is 17.7 Å². The topological polar surface area (TPSA) is 89.2 Å². The maximum atomic E-state index is 13.6. The maximum absolute atomic E-state index is 13.6. The second-order valence-electron chi connectivity index (χ2n) is 11.0. The third-order valence-corrected chi connectivity index (χ3v) is 7.19. The van der Waals surface area contributed by atoms with E-state index in [9.17, 15) is 14.7 Å². The van der Waals surface area contributed by atoms with E-state index in [0.717, 1.165) is 11.1 Å². The monoisotopic (exact) mass is 551 g/mol. The number of hydrogen-bond acceptors (Lipinski definition) is 6. The lowest BCUT2D eigenvalue weighted by Gasteiger charge is -2.25. The molecule has 1 fully saturated rings. The Morgan fingerprint density at radius 2 is 1.73 bits per heavy atom. The molecule has 0 aliphatic carbocycles. The second kappa shape index (κ2) is 11.4. The molecule has 3 aromatic carbocycles. The highest BCUT2D eigenvalue weighted by atomic mass is 16.5. The Kier molecular flexibility index (Phi) is 7.70. The number of methoxy groups -OCH3 is 1. The van der Waals surface area contributed by atoms with Crippen molar-refractivity contribution < 1.29 is 28.6 Å². The zero-order chi connectivity index (χ0) is 29.1. The van der Waals surface area contributed by atoms with E-state index in [1.165, 1.54) is 18.3 Å². The lowest BCUT2D eigenvalue weighted by atomic mass is 9.85. The van der Waals surface area contributed by atoms with Crippen LogP contribution < -0.4 is 9.47 Å². The summed E-state index contributed by atoms with van der Waals surface area (Å²) >= 11 is 0. The summed E-state index contributed by atoms with van der Waals surface area (Å²) in [6, 6.07) is 25.1. The summed E-state index contributed by atoms with van der Waals surface area (Å²) in [6.45, 7) is 6.58. The molecule has 5 rings (SSSR count). The van der Waals surface area contributed by atoms with Gasteiger partial charge in [0.1, 0.15) is 29.6 Å². The molecule has 7 heteroatoms. The van der Waals surface area contributed by atoms with Crippen LogP contribution in [0.25, 0.3) is 5.76 Å². The summed E-state index contributed by atoms with van der Waals surface area (Å²) < 4.78 is 17.1. The van der Waals surface area contributed by atoms with E-state index in [0.29, 0.717) is 35.0 Å². The Morgan fingerprint density at radius 3 is 2.41 bits per heavy atom. The van der Waals surface area contributed by atoms with Gasteiger partial charge in [0.15, 0.2) is 0 Å². The molecule has 1 atom stereocenters. The largest absolute Gasteiger partial charge is 0.507 e. The lowest BCUT2D eigenvalue weighted by Crippen LogP contribution is -2.29. The van der Waals surface area contributed by atoms with Gasteiger partial charge in [-0.1, -0.05) is 69.3 Å². The van der Waals surface area contributed by atoms with Crippen molar-refractivity contribution in [1.29, 1.82) is 0 Å². The third kappa shape index (κ3) is 5.75. The number of ether oxygens (including phenoxy) is 2. The first-order valence-corrected chi connectivity index (χ1v) is 13.4. The molecule has 1 aromatic heterocycles. The number of hydrogen-bond donors (Lipinski definition) is 1. The minimum atomic E-state index is -0.886. The number of ketones is 1. The van der Waals surface area contributed by atoms with Crippen LogP contribution in [0.4, 0.5) is 0 Å². The Hall–Kier alpha value is -4.78. The highest BCUT2D eigenvalue weighted by Gasteiger charge is 2.46. The Balaban J connectivity index is 1.62. The van der Waals surface area contributed by atoms with Crippen molar-refractivity contribution in [1.82, 2.24) is 4.90 Å². The van der Waals surface area contributed by atoms with Gasteiger partial charge < -0.3 is 23.9 Å². The number of benzene rings is 3. The van der Waals surface area contributed by atoms with Crippen molar-refractivity contribution in [2.24, 2.45) is 0 Å². The normalized spacial score (nSPS) is 16.7. The van der Waals surface area contributed by atoms with Crippen molar-refractivity contribution in [3.8, 4) is 11.5 Å². The molecule has 0 saturated carbocycles. The molecule has 41 heavy (non-hydrogen) atoms. The summed E-state index contributed by atoms with van der Waals surface area (Å²) in [5.41, 5.74) is 2.67. The summed E-state index contributed by atoms with van der Waals surface area (Å²) in [7, 11) is 1.50. The van der Waals surface area contributed by atoms with Crippen molar-refractivity contribution >= 4 is 17.4 Å². The number of aliphatic hydroxyl groups is 1. The van der Waals surface area contributed by atoms with Crippen LogP contribution in [0.1, 0.15) is 54.8 Å². The summed E-state index contributed by atoms with van der Waals surface area (Å²) in [4.78, 5) is 28.5. The van der Waals surface area contributed by atoms with Crippen LogP contribution in [0.3, 0.4) is 0 Å². The fourth-order valence-corrected chi connectivity index (χ4v) is 4.98. The van der Waals surface area contributed by atoms with E-state index >= 15 is 0 Å². The number of aliphatic hydroxyl groups excluding tert-OH is 1. The van der Waals surface area contributed by atoms with Crippen LogP contribution in [0.15, 0.2) is 101 Å². The van der Waals surface area contributed by atoms with Crippen LogP contribution in [-0.4, -0.2) is 28.8 Å². The Labute approximate surface area is 239 Å². The van der Waals surface area contributed by atoms with Gasteiger partial charge in [-0.15, -0.1) is 0 Å². The molecule has 0 bridgehead atoms. The molecule has 4 aromatic rings. The van der Waals surface area contributed by atoms with Crippen LogP contribution in [0.2, 0.25) is 0 Å². The second-order valence-corrected chi connectivity index (χ2v) is 11.0. The van der Waals surface area contributed by atoms with Crippen LogP contribution >= 0.6 is 0 Å². The molecule has 1 amide bonds. The number of rotatable bonds is 8.